The maximum Gasteiger partial charge on any atom is 0.313 e. The minimum Gasteiger partial charge on any atom is -0.481 e. The van der Waals surface area contributed by atoms with Crippen LogP contribution in [-0.2, 0) is 9.59 Å². The molecule has 1 saturated heterocycles. The quantitative estimate of drug-likeness (QED) is 0.753. The Morgan fingerprint density at radius 1 is 1.24 bits per heavy atom. The molecule has 0 aromatic carbocycles. The molecule has 2 aromatic heterocycles. The smallest absolute Gasteiger partial charge is 0.313 e. The number of anilines is 1. The Hall–Kier alpha value is -3.49. The average Bonchev–Trinajstić information content (AvgIpc) is 2.73. The number of aromatic nitrogens is 2. The van der Waals surface area contributed by atoms with E-state index in [0.29, 0.717) is 12.4 Å². The molecule has 0 radical (unpaired) electrons. The van der Waals surface area contributed by atoms with Crippen LogP contribution in [0.5, 0.6) is 5.88 Å². The highest BCUT2D eigenvalue weighted by molar-refractivity contribution is 6.39. The van der Waals surface area contributed by atoms with Crippen LogP contribution >= 0.6 is 0 Å². The van der Waals surface area contributed by atoms with Crippen molar-refractivity contribution in [3.63, 3.8) is 0 Å². The van der Waals surface area contributed by atoms with Crippen molar-refractivity contribution in [3.8, 4) is 5.88 Å². The first-order valence-electron chi connectivity index (χ1n) is 9.25. The first-order valence-corrected chi connectivity index (χ1v) is 9.25. The highest BCUT2D eigenvalue weighted by Crippen LogP contribution is 2.34. The predicted molar refractivity (Wildman–Crippen MR) is 105 cm³/mol. The minimum absolute atomic E-state index is 0.142. The van der Waals surface area contributed by atoms with Gasteiger partial charge in [-0.3, -0.25) is 19.4 Å². The number of nitrogens with zero attached hydrogens (tertiary/aromatic N) is 3. The van der Waals surface area contributed by atoms with E-state index in [4.69, 9.17) is 10.5 Å². The number of methoxy groups -OCH3 is 1. The molecule has 0 aliphatic carbocycles. The molecule has 3 heterocycles. The summed E-state index contributed by atoms with van der Waals surface area (Å²) >= 11 is 0. The third-order valence-corrected chi connectivity index (χ3v) is 4.91. The van der Waals surface area contributed by atoms with Crippen molar-refractivity contribution in [1.29, 1.82) is 0 Å². The van der Waals surface area contributed by atoms with Gasteiger partial charge >= 0.3 is 11.8 Å². The Bertz CT molecular complexity index is 933. The van der Waals surface area contributed by atoms with Crippen LogP contribution in [0.2, 0.25) is 0 Å². The zero-order chi connectivity index (χ0) is 21.0. The molecule has 0 saturated carbocycles. The molecule has 152 valence electrons. The van der Waals surface area contributed by atoms with Gasteiger partial charge in [-0.15, -0.1) is 0 Å². The van der Waals surface area contributed by atoms with Crippen molar-refractivity contribution in [3.05, 3.63) is 47.9 Å². The summed E-state index contributed by atoms with van der Waals surface area (Å²) in [6.07, 6.45) is 5.92. The third kappa shape index (κ3) is 4.68. The van der Waals surface area contributed by atoms with Crippen molar-refractivity contribution in [2.45, 2.75) is 25.8 Å². The number of carbonyl (C=O) groups excluding carboxylic acids is 3. The Kier molecular flexibility index (Phi) is 6.06. The number of likely N-dealkylation sites (tertiary alicyclic amines) is 1. The molecule has 2 atom stereocenters. The molecule has 29 heavy (non-hydrogen) atoms. The van der Waals surface area contributed by atoms with Gasteiger partial charge in [-0.05, 0) is 36.5 Å². The summed E-state index contributed by atoms with van der Waals surface area (Å²) in [6.45, 7) is 2.50. The van der Waals surface area contributed by atoms with Gasteiger partial charge in [0.2, 0.25) is 11.8 Å². The molecule has 3 N–H and O–H groups in total. The van der Waals surface area contributed by atoms with Crippen LogP contribution in [0.3, 0.4) is 0 Å². The summed E-state index contributed by atoms with van der Waals surface area (Å²) < 4.78 is 5.18. The number of amides is 3. The van der Waals surface area contributed by atoms with Crippen LogP contribution in [0, 0.1) is 5.92 Å². The molecule has 3 rings (SSSR count). The highest BCUT2D eigenvalue weighted by atomic mass is 16.5. The minimum atomic E-state index is -0.798. The molecule has 0 unspecified atom stereocenters. The van der Waals surface area contributed by atoms with Crippen LogP contribution in [0.1, 0.15) is 41.7 Å². The number of rotatable bonds is 4. The lowest BCUT2D eigenvalue weighted by molar-refractivity contribution is -0.146. The molecule has 1 aliphatic rings. The van der Waals surface area contributed by atoms with Crippen LogP contribution in [-0.4, -0.2) is 46.2 Å². The van der Waals surface area contributed by atoms with Crippen molar-refractivity contribution in [1.82, 2.24) is 14.9 Å². The average molecular weight is 397 g/mol. The summed E-state index contributed by atoms with van der Waals surface area (Å²) in [6, 6.07) is 4.72. The SMILES string of the molecule is COc1cc([C@H]2CC[C@H](C)CN2C(=O)C(=O)Nc2cncc(C(N)=O)c2)ccn1. The maximum absolute atomic E-state index is 13.0. The van der Waals surface area contributed by atoms with Crippen LogP contribution < -0.4 is 15.8 Å². The summed E-state index contributed by atoms with van der Waals surface area (Å²) in [5.41, 5.74) is 6.46. The fourth-order valence-corrected chi connectivity index (χ4v) is 3.43. The van der Waals surface area contributed by atoms with Crippen molar-refractivity contribution in [2.24, 2.45) is 11.7 Å². The largest absolute Gasteiger partial charge is 0.481 e. The van der Waals surface area contributed by atoms with Crippen LogP contribution in [0.25, 0.3) is 0 Å². The van der Waals surface area contributed by atoms with Gasteiger partial charge in [0.15, 0.2) is 0 Å². The maximum atomic E-state index is 13.0. The number of hydrogen-bond donors (Lipinski definition) is 2. The van der Waals surface area contributed by atoms with Gasteiger partial charge in [0.05, 0.1) is 30.6 Å². The molecule has 0 spiro atoms. The van der Waals surface area contributed by atoms with Gasteiger partial charge in [0.25, 0.3) is 0 Å². The zero-order valence-corrected chi connectivity index (χ0v) is 16.3. The Labute approximate surface area is 168 Å². The topological polar surface area (TPSA) is 128 Å². The second kappa shape index (κ2) is 8.68. The van der Waals surface area contributed by atoms with Gasteiger partial charge in [0.1, 0.15) is 0 Å². The molecular formula is C20H23N5O4. The molecule has 9 heteroatoms. The van der Waals surface area contributed by atoms with Crippen molar-refractivity contribution >= 4 is 23.4 Å². The van der Waals surface area contributed by atoms with E-state index in [1.54, 1.807) is 17.2 Å². The lowest BCUT2D eigenvalue weighted by Crippen LogP contribution is -2.46. The first kappa shape index (κ1) is 20.2. The standard InChI is InChI=1S/C20H23N5O4/c1-12-3-4-16(13-5-6-23-17(8-13)29-2)25(11-12)20(28)19(27)24-15-7-14(18(21)26)9-22-10-15/h5-10,12,16H,3-4,11H2,1-2H3,(H2,21,26)(H,24,27)/t12-,16+/m0/s1. The van der Waals surface area contributed by atoms with Crippen LogP contribution in [0.15, 0.2) is 36.8 Å². The Morgan fingerprint density at radius 3 is 2.76 bits per heavy atom. The molecule has 0 bridgehead atoms. The number of primary amides is 1. The molecule has 2 aromatic rings. The Morgan fingerprint density at radius 2 is 2.03 bits per heavy atom. The second-order valence-corrected chi connectivity index (χ2v) is 7.07. The van der Waals surface area contributed by atoms with E-state index in [-0.39, 0.29) is 23.2 Å². The zero-order valence-electron chi connectivity index (χ0n) is 16.3. The number of hydrogen-bond acceptors (Lipinski definition) is 6. The lowest BCUT2D eigenvalue weighted by Gasteiger charge is -2.38. The molecule has 1 aliphatic heterocycles. The number of carbonyl (C=O) groups is 3. The normalized spacial score (nSPS) is 18.8. The lowest BCUT2D eigenvalue weighted by atomic mass is 9.90. The van der Waals surface area contributed by atoms with E-state index in [0.717, 1.165) is 18.4 Å². The number of nitrogens with one attached hydrogen (secondary N) is 1. The highest BCUT2D eigenvalue weighted by Gasteiger charge is 2.34. The third-order valence-electron chi connectivity index (χ3n) is 4.91. The van der Waals surface area contributed by atoms with Gasteiger partial charge in [0, 0.05) is 25.0 Å². The monoisotopic (exact) mass is 397 g/mol. The molecule has 9 nitrogen and oxygen atoms in total. The molecular weight excluding hydrogens is 374 g/mol. The van der Waals surface area contributed by atoms with E-state index in [9.17, 15) is 14.4 Å². The number of pyridine rings is 2. The van der Waals surface area contributed by atoms with E-state index < -0.39 is 17.7 Å². The summed E-state index contributed by atoms with van der Waals surface area (Å²) in [7, 11) is 1.53. The summed E-state index contributed by atoms with van der Waals surface area (Å²) in [5.74, 6) is -1.40. The van der Waals surface area contributed by atoms with Crippen molar-refractivity contribution in [2.75, 3.05) is 19.0 Å². The van der Waals surface area contributed by atoms with Gasteiger partial charge < -0.3 is 20.7 Å². The molecule has 1 fully saturated rings. The van der Waals surface area contributed by atoms with E-state index in [1.165, 1.54) is 25.6 Å². The van der Waals surface area contributed by atoms with E-state index in [1.807, 2.05) is 13.0 Å². The predicted octanol–water partition coefficient (Wildman–Crippen LogP) is 1.52. The van der Waals surface area contributed by atoms with E-state index in [2.05, 4.69) is 15.3 Å². The van der Waals surface area contributed by atoms with Gasteiger partial charge in [-0.2, -0.15) is 0 Å². The summed E-state index contributed by atoms with van der Waals surface area (Å²) in [4.78, 5) is 46.4. The van der Waals surface area contributed by atoms with E-state index >= 15 is 0 Å². The van der Waals surface area contributed by atoms with Crippen LogP contribution in [0.4, 0.5) is 5.69 Å². The van der Waals surface area contributed by atoms with Crippen molar-refractivity contribution < 1.29 is 19.1 Å². The number of piperidine rings is 1. The van der Waals surface area contributed by atoms with Gasteiger partial charge in [-0.25, -0.2) is 4.98 Å². The fraction of sp³-hybridized carbons (Fsp3) is 0.350. The fourth-order valence-electron chi connectivity index (χ4n) is 3.43. The second-order valence-electron chi connectivity index (χ2n) is 7.07. The number of ether oxygens (including phenoxy) is 1. The van der Waals surface area contributed by atoms with Gasteiger partial charge in [-0.1, -0.05) is 6.92 Å². The first-order chi connectivity index (χ1) is 13.9. The Balaban J connectivity index is 1.81. The summed E-state index contributed by atoms with van der Waals surface area (Å²) in [5, 5.41) is 2.51. The number of nitrogens with two attached hydrogens (primary N) is 1. The molecule has 3 amide bonds.